The van der Waals surface area contributed by atoms with E-state index in [2.05, 4.69) is 5.43 Å². The van der Waals surface area contributed by atoms with Gasteiger partial charge in [0.1, 0.15) is 11.8 Å². The first-order valence-electron chi connectivity index (χ1n) is 4.97. The van der Waals surface area contributed by atoms with Crippen molar-refractivity contribution in [1.29, 1.82) is 0 Å². The summed E-state index contributed by atoms with van der Waals surface area (Å²) in [6.07, 6.45) is 0. The van der Waals surface area contributed by atoms with Gasteiger partial charge in [-0.1, -0.05) is 6.07 Å². The molecule has 5 heteroatoms. The highest BCUT2D eigenvalue weighted by Crippen LogP contribution is 2.21. The van der Waals surface area contributed by atoms with E-state index in [1.54, 1.807) is 14.0 Å². The number of likely N-dealkylation sites (N-methyl/N-ethyl adjacent to an activating group) is 1. The summed E-state index contributed by atoms with van der Waals surface area (Å²) >= 11 is 0. The zero-order valence-electron chi connectivity index (χ0n) is 9.73. The second-order valence-corrected chi connectivity index (χ2v) is 3.50. The molecule has 0 radical (unpaired) electrons. The standard InChI is InChI=1S/C11H17N3O2/c1-8(11(15)13-12)14(2)9-5-4-6-10(7-9)16-3/h4-8H,12H2,1-3H3,(H,13,15). The number of carbonyl (C=O) groups excluding carboxylic acids is 1. The molecule has 0 aromatic heterocycles. The van der Waals surface area contributed by atoms with Gasteiger partial charge in [0.25, 0.3) is 5.91 Å². The molecule has 0 fully saturated rings. The molecule has 0 saturated carbocycles. The third-order valence-corrected chi connectivity index (χ3v) is 2.56. The van der Waals surface area contributed by atoms with Crippen LogP contribution < -0.4 is 20.9 Å². The molecular formula is C11H17N3O2. The summed E-state index contributed by atoms with van der Waals surface area (Å²) in [5, 5.41) is 0. The Morgan fingerprint density at radius 3 is 2.81 bits per heavy atom. The number of amides is 1. The van der Waals surface area contributed by atoms with Gasteiger partial charge < -0.3 is 9.64 Å². The van der Waals surface area contributed by atoms with E-state index in [4.69, 9.17) is 10.6 Å². The summed E-state index contributed by atoms with van der Waals surface area (Å²) in [5.41, 5.74) is 3.03. The molecule has 16 heavy (non-hydrogen) atoms. The van der Waals surface area contributed by atoms with Crippen molar-refractivity contribution in [1.82, 2.24) is 5.43 Å². The zero-order valence-corrected chi connectivity index (χ0v) is 9.73. The minimum Gasteiger partial charge on any atom is -0.497 e. The van der Waals surface area contributed by atoms with E-state index in [1.807, 2.05) is 36.2 Å². The predicted octanol–water partition coefficient (Wildman–Crippen LogP) is 0.510. The van der Waals surface area contributed by atoms with Crippen LogP contribution in [0.25, 0.3) is 0 Å². The van der Waals surface area contributed by atoms with E-state index in [0.717, 1.165) is 11.4 Å². The maximum absolute atomic E-state index is 11.4. The number of hydrogen-bond acceptors (Lipinski definition) is 4. The van der Waals surface area contributed by atoms with Crippen LogP contribution in [0.3, 0.4) is 0 Å². The molecule has 5 nitrogen and oxygen atoms in total. The fraction of sp³-hybridized carbons (Fsp3) is 0.364. The van der Waals surface area contributed by atoms with Crippen molar-refractivity contribution in [2.45, 2.75) is 13.0 Å². The zero-order chi connectivity index (χ0) is 12.1. The van der Waals surface area contributed by atoms with E-state index in [9.17, 15) is 4.79 Å². The van der Waals surface area contributed by atoms with Crippen LogP contribution in [-0.2, 0) is 4.79 Å². The van der Waals surface area contributed by atoms with E-state index >= 15 is 0 Å². The number of rotatable bonds is 4. The average molecular weight is 223 g/mol. The van der Waals surface area contributed by atoms with Gasteiger partial charge in [-0.3, -0.25) is 10.2 Å². The molecule has 3 N–H and O–H groups in total. The summed E-state index contributed by atoms with van der Waals surface area (Å²) in [6, 6.07) is 7.16. The number of nitrogens with two attached hydrogens (primary N) is 1. The summed E-state index contributed by atoms with van der Waals surface area (Å²) in [5.74, 6) is 5.62. The van der Waals surface area contributed by atoms with Gasteiger partial charge in [-0.05, 0) is 19.1 Å². The largest absolute Gasteiger partial charge is 0.497 e. The van der Waals surface area contributed by atoms with Gasteiger partial charge in [-0.25, -0.2) is 5.84 Å². The van der Waals surface area contributed by atoms with Crippen molar-refractivity contribution < 1.29 is 9.53 Å². The Hall–Kier alpha value is -1.75. The van der Waals surface area contributed by atoms with Gasteiger partial charge in [-0.15, -0.1) is 0 Å². The van der Waals surface area contributed by atoms with Crippen LogP contribution in [0.2, 0.25) is 0 Å². The Morgan fingerprint density at radius 1 is 1.56 bits per heavy atom. The number of benzene rings is 1. The number of nitrogens with zero attached hydrogens (tertiary/aromatic N) is 1. The van der Waals surface area contributed by atoms with Crippen molar-refractivity contribution in [3.05, 3.63) is 24.3 Å². The number of methoxy groups -OCH3 is 1. The van der Waals surface area contributed by atoms with E-state index in [1.165, 1.54) is 0 Å². The van der Waals surface area contributed by atoms with Crippen molar-refractivity contribution in [3.63, 3.8) is 0 Å². The molecule has 0 bridgehead atoms. The first kappa shape index (κ1) is 12.3. The molecule has 1 rings (SSSR count). The minimum atomic E-state index is -0.336. The number of ether oxygens (including phenoxy) is 1. The SMILES string of the molecule is COc1cccc(N(C)C(C)C(=O)NN)c1. The maximum atomic E-state index is 11.4. The molecule has 0 heterocycles. The third kappa shape index (κ3) is 2.64. The Bertz CT molecular complexity index is 368. The third-order valence-electron chi connectivity index (χ3n) is 2.56. The van der Waals surface area contributed by atoms with Crippen LogP contribution in [0.15, 0.2) is 24.3 Å². The average Bonchev–Trinajstić information content (AvgIpc) is 2.36. The molecule has 0 aliphatic carbocycles. The first-order valence-corrected chi connectivity index (χ1v) is 4.97. The second kappa shape index (κ2) is 5.37. The fourth-order valence-electron chi connectivity index (χ4n) is 1.35. The molecule has 1 aromatic carbocycles. The van der Waals surface area contributed by atoms with E-state index in [-0.39, 0.29) is 11.9 Å². The van der Waals surface area contributed by atoms with E-state index < -0.39 is 0 Å². The Balaban J connectivity index is 2.86. The molecule has 0 aliphatic rings. The Morgan fingerprint density at radius 2 is 2.25 bits per heavy atom. The molecule has 0 spiro atoms. The Labute approximate surface area is 95.2 Å². The summed E-state index contributed by atoms with van der Waals surface area (Å²) in [6.45, 7) is 1.78. The van der Waals surface area contributed by atoms with Crippen LogP contribution in [0.5, 0.6) is 5.75 Å². The van der Waals surface area contributed by atoms with Gasteiger partial charge in [0.15, 0.2) is 0 Å². The topological polar surface area (TPSA) is 67.6 Å². The highest BCUT2D eigenvalue weighted by molar-refractivity contribution is 5.84. The lowest BCUT2D eigenvalue weighted by Gasteiger charge is -2.25. The number of nitrogens with one attached hydrogen (secondary N) is 1. The van der Waals surface area contributed by atoms with Crippen molar-refractivity contribution in [2.75, 3.05) is 19.1 Å². The maximum Gasteiger partial charge on any atom is 0.256 e. The summed E-state index contributed by atoms with van der Waals surface area (Å²) in [7, 11) is 3.43. The number of anilines is 1. The monoisotopic (exact) mass is 223 g/mol. The number of hydrazine groups is 1. The van der Waals surface area contributed by atoms with Gasteiger partial charge in [0.2, 0.25) is 0 Å². The van der Waals surface area contributed by atoms with E-state index in [0.29, 0.717) is 0 Å². The molecule has 88 valence electrons. The van der Waals surface area contributed by atoms with Gasteiger partial charge in [-0.2, -0.15) is 0 Å². The minimum absolute atomic E-state index is 0.231. The van der Waals surface area contributed by atoms with Crippen LogP contribution in [0.4, 0.5) is 5.69 Å². The molecular weight excluding hydrogens is 206 g/mol. The lowest BCUT2D eigenvalue weighted by Crippen LogP contribution is -2.46. The van der Waals surface area contributed by atoms with Crippen LogP contribution in [0.1, 0.15) is 6.92 Å². The summed E-state index contributed by atoms with van der Waals surface area (Å²) in [4.78, 5) is 13.2. The normalized spacial score (nSPS) is 11.8. The van der Waals surface area contributed by atoms with Crippen molar-refractivity contribution in [2.24, 2.45) is 5.84 Å². The van der Waals surface area contributed by atoms with Crippen molar-refractivity contribution in [3.8, 4) is 5.75 Å². The predicted molar refractivity (Wildman–Crippen MR) is 63.2 cm³/mol. The quantitative estimate of drug-likeness (QED) is 0.443. The van der Waals surface area contributed by atoms with Crippen LogP contribution >= 0.6 is 0 Å². The molecule has 0 aliphatic heterocycles. The second-order valence-electron chi connectivity index (χ2n) is 3.50. The first-order chi connectivity index (χ1) is 7.60. The highest BCUT2D eigenvalue weighted by atomic mass is 16.5. The molecule has 1 atom stereocenters. The fourth-order valence-corrected chi connectivity index (χ4v) is 1.35. The number of carbonyl (C=O) groups is 1. The number of hydrogen-bond donors (Lipinski definition) is 2. The van der Waals surface area contributed by atoms with Crippen molar-refractivity contribution >= 4 is 11.6 Å². The molecule has 1 unspecified atom stereocenters. The van der Waals surface area contributed by atoms with Gasteiger partial charge in [0.05, 0.1) is 7.11 Å². The summed E-state index contributed by atoms with van der Waals surface area (Å²) < 4.78 is 5.12. The smallest absolute Gasteiger partial charge is 0.256 e. The highest BCUT2D eigenvalue weighted by Gasteiger charge is 2.17. The van der Waals surface area contributed by atoms with Crippen LogP contribution in [0, 0.1) is 0 Å². The van der Waals surface area contributed by atoms with Gasteiger partial charge in [0, 0.05) is 18.8 Å². The lowest BCUT2D eigenvalue weighted by molar-refractivity contribution is -0.122. The molecule has 1 amide bonds. The molecule has 1 aromatic rings. The molecule has 0 saturated heterocycles. The Kier molecular flexibility index (Phi) is 4.13. The van der Waals surface area contributed by atoms with Crippen LogP contribution in [-0.4, -0.2) is 26.1 Å². The van der Waals surface area contributed by atoms with Gasteiger partial charge >= 0.3 is 0 Å². The lowest BCUT2D eigenvalue weighted by atomic mass is 10.2.